The third kappa shape index (κ3) is 4.57. The molecule has 174 valence electrons. The third-order valence-corrected chi connectivity index (χ3v) is 6.57. The number of rotatable bonds is 7. The van der Waals surface area contributed by atoms with Gasteiger partial charge in [-0.2, -0.15) is 0 Å². The van der Waals surface area contributed by atoms with Crippen molar-refractivity contribution < 1.29 is 24.2 Å². The minimum absolute atomic E-state index is 0.00844. The maximum absolute atomic E-state index is 13.4. The molecule has 2 aromatic rings. The van der Waals surface area contributed by atoms with E-state index in [1.165, 1.54) is 12.1 Å². The van der Waals surface area contributed by atoms with Crippen molar-refractivity contribution in [1.82, 2.24) is 10.6 Å². The molecule has 1 heterocycles. The number of amides is 2. The highest BCUT2D eigenvalue weighted by molar-refractivity contribution is 5.98. The molecule has 2 fully saturated rings. The first-order valence-corrected chi connectivity index (χ1v) is 11.1. The van der Waals surface area contributed by atoms with Crippen molar-refractivity contribution in [3.05, 3.63) is 59.7 Å². The van der Waals surface area contributed by atoms with Crippen LogP contribution in [0.3, 0.4) is 0 Å². The van der Waals surface area contributed by atoms with Crippen LogP contribution in [0.2, 0.25) is 0 Å². The van der Waals surface area contributed by atoms with Gasteiger partial charge in [0.25, 0.3) is 5.91 Å². The van der Waals surface area contributed by atoms with Gasteiger partial charge in [0.05, 0.1) is 12.0 Å². The molecule has 0 bridgehead atoms. The van der Waals surface area contributed by atoms with Crippen LogP contribution in [0.25, 0.3) is 0 Å². The predicted molar refractivity (Wildman–Crippen MR) is 123 cm³/mol. The van der Waals surface area contributed by atoms with Crippen molar-refractivity contribution in [1.29, 1.82) is 0 Å². The molecule has 0 spiro atoms. The largest absolute Gasteiger partial charge is 0.508 e. The fraction of sp³-hybridized carbons (Fsp3) is 0.400. The van der Waals surface area contributed by atoms with Crippen LogP contribution < -0.4 is 15.5 Å². The number of fused-ring (bicyclic) bond motifs is 1. The smallest absolute Gasteiger partial charge is 0.251 e. The Morgan fingerprint density at radius 1 is 1.15 bits per heavy atom. The maximum atomic E-state index is 13.4. The molecule has 0 aromatic heterocycles. The van der Waals surface area contributed by atoms with E-state index in [1.807, 2.05) is 31.1 Å². The van der Waals surface area contributed by atoms with Crippen molar-refractivity contribution in [2.45, 2.75) is 36.8 Å². The number of carbonyl (C=O) groups excluding carboxylic acids is 3. The number of ketones is 1. The van der Waals surface area contributed by atoms with E-state index in [1.54, 1.807) is 24.3 Å². The summed E-state index contributed by atoms with van der Waals surface area (Å²) in [4.78, 5) is 40.7. The van der Waals surface area contributed by atoms with Gasteiger partial charge in [0.2, 0.25) is 5.91 Å². The molecule has 3 N–H and O–H groups in total. The number of nitrogens with one attached hydrogen (secondary N) is 2. The third-order valence-electron chi connectivity index (χ3n) is 6.57. The van der Waals surface area contributed by atoms with Crippen molar-refractivity contribution in [2.24, 2.45) is 0 Å². The second-order valence-electron chi connectivity index (χ2n) is 8.87. The summed E-state index contributed by atoms with van der Waals surface area (Å²) in [5.74, 6) is -1.41. The Morgan fingerprint density at radius 2 is 1.85 bits per heavy atom. The number of nitrogens with zero attached hydrogens (tertiary/aromatic N) is 1. The molecule has 0 radical (unpaired) electrons. The van der Waals surface area contributed by atoms with Gasteiger partial charge in [0, 0.05) is 31.9 Å². The van der Waals surface area contributed by atoms with E-state index in [2.05, 4.69) is 10.6 Å². The van der Waals surface area contributed by atoms with Crippen LogP contribution in [0.4, 0.5) is 5.69 Å². The molecule has 1 saturated heterocycles. The van der Waals surface area contributed by atoms with E-state index in [9.17, 15) is 19.5 Å². The lowest BCUT2D eigenvalue weighted by Crippen LogP contribution is -2.57. The summed E-state index contributed by atoms with van der Waals surface area (Å²) >= 11 is 0. The summed E-state index contributed by atoms with van der Waals surface area (Å²) in [5.41, 5.74) is 1.10. The molecule has 8 nitrogen and oxygen atoms in total. The molecular weight excluding hydrogens is 422 g/mol. The Labute approximate surface area is 192 Å². The van der Waals surface area contributed by atoms with E-state index in [4.69, 9.17) is 4.74 Å². The van der Waals surface area contributed by atoms with Gasteiger partial charge in [-0.1, -0.05) is 12.1 Å². The lowest BCUT2D eigenvalue weighted by atomic mass is 9.89. The first kappa shape index (κ1) is 22.8. The van der Waals surface area contributed by atoms with E-state index in [0.717, 1.165) is 18.5 Å². The Balaban J connectivity index is 1.51. The number of phenols is 1. The lowest BCUT2D eigenvalue weighted by molar-refractivity contribution is -0.130. The van der Waals surface area contributed by atoms with E-state index in [0.29, 0.717) is 17.5 Å². The molecule has 33 heavy (non-hydrogen) atoms. The van der Waals surface area contributed by atoms with Crippen LogP contribution in [0, 0.1) is 0 Å². The first-order valence-electron chi connectivity index (χ1n) is 11.1. The zero-order valence-electron chi connectivity index (χ0n) is 18.8. The first-order chi connectivity index (χ1) is 15.8. The van der Waals surface area contributed by atoms with Crippen molar-refractivity contribution in [3.63, 3.8) is 0 Å². The highest BCUT2D eigenvalue weighted by atomic mass is 16.5. The normalized spacial score (nSPS) is 22.5. The highest BCUT2D eigenvalue weighted by Crippen LogP contribution is 2.38. The molecule has 1 aliphatic heterocycles. The number of hydrogen-bond acceptors (Lipinski definition) is 6. The van der Waals surface area contributed by atoms with Crippen molar-refractivity contribution in [3.8, 4) is 5.75 Å². The number of Topliss-reactive ketones (excluding diaryl/α,β-unsaturated/α-hetero) is 1. The second-order valence-corrected chi connectivity index (χ2v) is 8.87. The zero-order chi connectivity index (χ0) is 23.6. The summed E-state index contributed by atoms with van der Waals surface area (Å²) in [5, 5.41) is 15.5. The second kappa shape index (κ2) is 9.23. The number of hydrogen-bond donors (Lipinski definition) is 3. The Kier molecular flexibility index (Phi) is 6.37. The molecule has 1 aliphatic carbocycles. The number of carbonyl (C=O) groups is 3. The molecule has 3 atom stereocenters. The molecule has 2 aromatic carbocycles. The summed E-state index contributed by atoms with van der Waals surface area (Å²) in [7, 11) is 3.84. The van der Waals surface area contributed by atoms with Gasteiger partial charge in [-0.3, -0.25) is 14.4 Å². The van der Waals surface area contributed by atoms with E-state index < -0.39 is 11.5 Å². The van der Waals surface area contributed by atoms with Gasteiger partial charge in [-0.25, -0.2) is 0 Å². The molecular formula is C25H29N3O5. The summed E-state index contributed by atoms with van der Waals surface area (Å²) in [6.45, 7) is 0.0508. The Bertz CT molecular complexity index is 1040. The predicted octanol–water partition coefficient (Wildman–Crippen LogP) is 1.98. The monoisotopic (exact) mass is 451 g/mol. The highest BCUT2D eigenvalue weighted by Gasteiger charge is 2.55. The number of aromatic hydroxyl groups is 1. The van der Waals surface area contributed by atoms with Crippen LogP contribution in [0.15, 0.2) is 48.5 Å². The minimum atomic E-state index is -0.988. The fourth-order valence-electron chi connectivity index (χ4n) is 4.62. The molecule has 3 unspecified atom stereocenters. The summed E-state index contributed by atoms with van der Waals surface area (Å²) in [6.07, 6.45) is 1.78. The molecule has 2 aliphatic rings. The number of ether oxygens (including phenoxy) is 1. The summed E-state index contributed by atoms with van der Waals surface area (Å²) in [6, 6.07) is 13.5. The van der Waals surface area contributed by atoms with E-state index in [-0.39, 0.29) is 42.6 Å². The fourth-order valence-corrected chi connectivity index (χ4v) is 4.62. The molecule has 8 heteroatoms. The average Bonchev–Trinajstić information content (AvgIpc) is 3.34. The van der Waals surface area contributed by atoms with Crippen LogP contribution in [-0.4, -0.2) is 61.6 Å². The molecule has 1 saturated carbocycles. The van der Waals surface area contributed by atoms with Crippen LogP contribution in [0.1, 0.15) is 41.1 Å². The van der Waals surface area contributed by atoms with Gasteiger partial charge in [-0.15, -0.1) is 0 Å². The zero-order valence-corrected chi connectivity index (χ0v) is 18.8. The van der Waals surface area contributed by atoms with Gasteiger partial charge >= 0.3 is 0 Å². The van der Waals surface area contributed by atoms with Crippen LogP contribution in [-0.2, 0) is 14.3 Å². The topological polar surface area (TPSA) is 108 Å². The van der Waals surface area contributed by atoms with Gasteiger partial charge < -0.3 is 25.4 Å². The number of benzene rings is 2. The van der Waals surface area contributed by atoms with E-state index >= 15 is 0 Å². The number of phenolic OH excluding ortho intramolecular Hbond substituents is 1. The maximum Gasteiger partial charge on any atom is 0.251 e. The Hall–Kier alpha value is -3.39. The van der Waals surface area contributed by atoms with Crippen molar-refractivity contribution >= 4 is 23.3 Å². The van der Waals surface area contributed by atoms with Crippen molar-refractivity contribution in [2.75, 3.05) is 32.1 Å². The van der Waals surface area contributed by atoms with Crippen LogP contribution in [0.5, 0.6) is 5.75 Å². The standard InChI is InChI=1S/C25H29N3O5/c1-28(2)18-9-5-17(6-10-18)23(31)26-14-20(16-7-11-19(29)12-8-16)24(32)27-25-13-3-4-22(25)33-15-21(25)30/h5-12,20,22,29H,3-4,13-15H2,1-2H3,(H,26,31)(H,27,32). The lowest BCUT2D eigenvalue weighted by Gasteiger charge is -2.30. The average molecular weight is 452 g/mol. The molecule has 4 rings (SSSR count). The van der Waals surface area contributed by atoms with Crippen LogP contribution >= 0.6 is 0 Å². The minimum Gasteiger partial charge on any atom is -0.508 e. The quantitative estimate of drug-likeness (QED) is 0.594. The van der Waals surface area contributed by atoms with Gasteiger partial charge in [-0.05, 0) is 61.2 Å². The van der Waals surface area contributed by atoms with Gasteiger partial charge in [0.1, 0.15) is 17.9 Å². The SMILES string of the molecule is CN(C)c1ccc(C(=O)NCC(C(=O)NC23CCCC2OCC3=O)c2ccc(O)cc2)cc1. The Morgan fingerprint density at radius 3 is 2.52 bits per heavy atom. The van der Waals surface area contributed by atoms with Gasteiger partial charge in [0.15, 0.2) is 5.78 Å². The summed E-state index contributed by atoms with van der Waals surface area (Å²) < 4.78 is 5.61. The number of anilines is 1. The molecule has 2 amide bonds.